The zero-order valence-electron chi connectivity index (χ0n) is 24.5. The minimum atomic E-state index is -1.09. The summed E-state index contributed by atoms with van der Waals surface area (Å²) < 4.78 is 25.8. The van der Waals surface area contributed by atoms with Crippen molar-refractivity contribution in [1.82, 2.24) is 5.32 Å². The van der Waals surface area contributed by atoms with Gasteiger partial charge in [-0.25, -0.2) is 0 Å². The molecule has 0 aromatic heterocycles. The van der Waals surface area contributed by atoms with Crippen molar-refractivity contribution in [2.24, 2.45) is 27.2 Å². The Hall–Kier alpha value is -3.83. The molecule has 0 amide bonds. The summed E-state index contributed by atoms with van der Waals surface area (Å²) in [5, 5.41) is 15.3. The molecule has 1 saturated heterocycles. The molecule has 1 saturated carbocycles. The molecule has 1 N–H and O–H groups in total. The molecule has 4 unspecified atom stereocenters. The van der Waals surface area contributed by atoms with Crippen LogP contribution in [0, 0.1) is 11.8 Å². The molecule has 2 aromatic carbocycles. The van der Waals surface area contributed by atoms with Gasteiger partial charge in [-0.05, 0) is 53.0 Å². The van der Waals surface area contributed by atoms with Gasteiger partial charge in [0.2, 0.25) is 0 Å². The molecule has 14 nitrogen and oxygen atoms in total. The molecule has 0 spiro atoms. The highest BCUT2D eigenvalue weighted by Gasteiger charge is 2.50. The van der Waals surface area contributed by atoms with E-state index < -0.39 is 42.8 Å². The molecule has 1 heterocycles. The molecule has 10 atom stereocenters. The van der Waals surface area contributed by atoms with Gasteiger partial charge in [-0.1, -0.05) is 89.9 Å². The van der Waals surface area contributed by atoms with Crippen LogP contribution in [0.3, 0.4) is 0 Å². The summed E-state index contributed by atoms with van der Waals surface area (Å²) in [6, 6.07) is 17.9. The first-order valence-corrected chi connectivity index (χ1v) is 14.4. The number of hydrogen-bond donors (Lipinski definition) is 1. The number of nitrogens with zero attached hydrogens (tertiary/aromatic N) is 9. The first-order valence-electron chi connectivity index (χ1n) is 14.4. The summed E-state index contributed by atoms with van der Waals surface area (Å²) in [4.78, 5) is 9.13. The molecule has 1 aliphatic heterocycles. The van der Waals surface area contributed by atoms with Crippen LogP contribution in [0.15, 0.2) is 76.0 Å². The number of azide groups is 3. The van der Waals surface area contributed by atoms with Crippen LogP contribution in [-0.4, -0.2) is 62.4 Å². The lowest BCUT2D eigenvalue weighted by atomic mass is 9.73. The first kappa shape index (κ1) is 32.1. The van der Waals surface area contributed by atoms with Gasteiger partial charge in [0.25, 0.3) is 0 Å². The van der Waals surface area contributed by atoms with E-state index in [9.17, 15) is 11.1 Å². The summed E-state index contributed by atoms with van der Waals surface area (Å²) >= 11 is 0. The fourth-order valence-electron chi connectivity index (χ4n) is 5.93. The SMILES string of the molecule is CN[C@@H]1CC(N=[N+]=[N-])[C@H](O[C@@H]2OC(CN=[N+]=[N-])[C@H](OCc3ccccc3)[C@H](OCc3ccccc3)C2N=[N+]=[N-])[C@H](C)C1C. The number of ether oxygens (including phenoxy) is 4. The van der Waals surface area contributed by atoms with Crippen molar-refractivity contribution in [2.45, 2.75) is 82.3 Å². The summed E-state index contributed by atoms with van der Waals surface area (Å²) in [6.07, 6.45) is -3.43. The monoisotopic (exact) mass is 590 g/mol. The van der Waals surface area contributed by atoms with E-state index in [0.29, 0.717) is 6.42 Å². The maximum atomic E-state index is 9.65. The summed E-state index contributed by atoms with van der Waals surface area (Å²) in [5.41, 5.74) is 30.0. The third-order valence-corrected chi connectivity index (χ3v) is 8.41. The predicted octanol–water partition coefficient (Wildman–Crippen LogP) is 6.20. The Morgan fingerprint density at radius 3 is 1.98 bits per heavy atom. The van der Waals surface area contributed by atoms with Gasteiger partial charge in [-0.3, -0.25) is 0 Å². The van der Waals surface area contributed by atoms with Gasteiger partial charge in [0, 0.05) is 20.8 Å². The quantitative estimate of drug-likeness (QED) is 0.164. The minimum Gasteiger partial charge on any atom is -0.370 e. The number of benzene rings is 2. The van der Waals surface area contributed by atoms with Gasteiger partial charge in [-0.15, -0.1) is 0 Å². The van der Waals surface area contributed by atoms with Gasteiger partial charge < -0.3 is 24.3 Å². The highest BCUT2D eigenvalue weighted by Crippen LogP contribution is 2.38. The lowest BCUT2D eigenvalue weighted by Crippen LogP contribution is -2.62. The van der Waals surface area contributed by atoms with Gasteiger partial charge in [-0.2, -0.15) is 0 Å². The zero-order valence-corrected chi connectivity index (χ0v) is 24.5. The summed E-state index contributed by atoms with van der Waals surface area (Å²) in [5.74, 6) is 0.149. The fraction of sp³-hybridized carbons (Fsp3) is 0.586. The van der Waals surface area contributed by atoms with Crippen LogP contribution >= 0.6 is 0 Å². The second kappa shape index (κ2) is 16.1. The molecule has 14 heteroatoms. The number of nitrogens with one attached hydrogen (secondary N) is 1. The Balaban J connectivity index is 1.68. The molecule has 43 heavy (non-hydrogen) atoms. The van der Waals surface area contributed by atoms with Crippen LogP contribution in [-0.2, 0) is 32.2 Å². The molecule has 4 rings (SSSR count). The second-order valence-electron chi connectivity index (χ2n) is 10.9. The Morgan fingerprint density at radius 2 is 1.42 bits per heavy atom. The van der Waals surface area contributed by atoms with E-state index in [1.807, 2.05) is 74.6 Å². The van der Waals surface area contributed by atoms with E-state index in [1.54, 1.807) is 0 Å². The average Bonchev–Trinajstić information content (AvgIpc) is 3.03. The maximum Gasteiger partial charge on any atom is 0.169 e. The normalized spacial score (nSPS) is 32.1. The largest absolute Gasteiger partial charge is 0.370 e. The minimum absolute atomic E-state index is 0.0386. The summed E-state index contributed by atoms with van der Waals surface area (Å²) in [6.45, 7) is 4.52. The predicted molar refractivity (Wildman–Crippen MR) is 159 cm³/mol. The molecule has 2 aromatic rings. The average molecular weight is 591 g/mol. The first-order chi connectivity index (χ1) is 21.0. The highest BCUT2D eigenvalue weighted by atomic mass is 16.7. The highest BCUT2D eigenvalue weighted by molar-refractivity contribution is 5.15. The number of rotatable bonds is 13. The second-order valence-corrected chi connectivity index (χ2v) is 10.9. The van der Waals surface area contributed by atoms with Crippen LogP contribution in [0.25, 0.3) is 31.3 Å². The number of hydrogen-bond acceptors (Lipinski definition) is 8. The Kier molecular flexibility index (Phi) is 12.0. The molecule has 228 valence electrons. The van der Waals surface area contributed by atoms with Crippen LogP contribution in [0.5, 0.6) is 0 Å². The third kappa shape index (κ3) is 8.17. The van der Waals surface area contributed by atoms with Crippen molar-refractivity contribution < 1.29 is 18.9 Å². The van der Waals surface area contributed by atoms with Crippen molar-refractivity contribution >= 4 is 0 Å². The van der Waals surface area contributed by atoms with Crippen molar-refractivity contribution in [3.05, 3.63) is 103 Å². The van der Waals surface area contributed by atoms with E-state index in [4.69, 9.17) is 24.5 Å². The van der Waals surface area contributed by atoms with E-state index in [2.05, 4.69) is 42.3 Å². The molecule has 2 aliphatic rings. The van der Waals surface area contributed by atoms with Crippen molar-refractivity contribution in [1.29, 1.82) is 0 Å². The maximum absolute atomic E-state index is 9.65. The van der Waals surface area contributed by atoms with E-state index in [1.165, 1.54) is 0 Å². The van der Waals surface area contributed by atoms with Crippen molar-refractivity contribution in [3.8, 4) is 0 Å². The molecule has 0 radical (unpaired) electrons. The summed E-state index contributed by atoms with van der Waals surface area (Å²) in [7, 11) is 1.88. The fourth-order valence-corrected chi connectivity index (χ4v) is 5.93. The van der Waals surface area contributed by atoms with Gasteiger partial charge >= 0.3 is 0 Å². The van der Waals surface area contributed by atoms with Crippen molar-refractivity contribution in [3.63, 3.8) is 0 Å². The zero-order chi connectivity index (χ0) is 30.6. The lowest BCUT2D eigenvalue weighted by Gasteiger charge is -2.48. The Bertz CT molecular complexity index is 1300. The van der Waals surface area contributed by atoms with Gasteiger partial charge in [0.05, 0.1) is 38.0 Å². The topological polar surface area (TPSA) is 195 Å². The molecule has 2 fully saturated rings. The van der Waals surface area contributed by atoms with Crippen LogP contribution in [0.1, 0.15) is 31.4 Å². The van der Waals surface area contributed by atoms with Gasteiger partial charge in [0.1, 0.15) is 18.2 Å². The molecular weight excluding hydrogens is 552 g/mol. The molecule has 1 aliphatic carbocycles. The van der Waals surface area contributed by atoms with Crippen molar-refractivity contribution in [2.75, 3.05) is 13.6 Å². The van der Waals surface area contributed by atoms with Crippen LogP contribution in [0.4, 0.5) is 0 Å². The van der Waals surface area contributed by atoms with E-state index in [-0.39, 0.29) is 37.6 Å². The lowest BCUT2D eigenvalue weighted by molar-refractivity contribution is -0.294. The van der Waals surface area contributed by atoms with Gasteiger partial charge in [0.15, 0.2) is 6.29 Å². The van der Waals surface area contributed by atoms with E-state index >= 15 is 0 Å². The van der Waals surface area contributed by atoms with Crippen LogP contribution in [0.2, 0.25) is 0 Å². The third-order valence-electron chi connectivity index (χ3n) is 8.41. The Morgan fingerprint density at radius 1 is 0.814 bits per heavy atom. The smallest absolute Gasteiger partial charge is 0.169 e. The molecule has 0 bridgehead atoms. The van der Waals surface area contributed by atoms with Crippen LogP contribution < -0.4 is 5.32 Å². The van der Waals surface area contributed by atoms with E-state index in [0.717, 1.165) is 11.1 Å². The standard InChI is InChI=1S/C29H38N10O4/c1-18-19(2)26(23(35-38-31)14-22(18)33-3)43-29-25(36-39-32)28(41-17-21-12-8-5-9-13-21)27(24(42-29)15-34-37-30)40-16-20-10-6-4-7-11-20/h4-13,18-19,22-29,33H,14-17H2,1-3H3/t18?,19-,22-,23?,24?,25?,26-,27+,28-,29+/m1/s1. The molecular formula is C29H38N10O4. The Labute approximate surface area is 250 Å².